The van der Waals surface area contributed by atoms with Gasteiger partial charge < -0.3 is 10.6 Å². The summed E-state index contributed by atoms with van der Waals surface area (Å²) in [5.41, 5.74) is 6.77. The van der Waals surface area contributed by atoms with Gasteiger partial charge in [-0.25, -0.2) is 9.37 Å². The van der Waals surface area contributed by atoms with E-state index in [0.717, 1.165) is 0 Å². The van der Waals surface area contributed by atoms with Gasteiger partial charge in [0.25, 0.3) is 0 Å². The van der Waals surface area contributed by atoms with E-state index in [0.29, 0.717) is 23.7 Å². The van der Waals surface area contributed by atoms with Gasteiger partial charge in [-0.3, -0.25) is 4.98 Å². The Hall–Kier alpha value is -2.01. The lowest BCUT2D eigenvalue weighted by Crippen LogP contribution is -2.21. The summed E-state index contributed by atoms with van der Waals surface area (Å²) in [6, 6.07) is 6.59. The number of aromatic nitrogens is 2. The maximum Gasteiger partial charge on any atom is 0.156 e. The lowest BCUT2D eigenvalue weighted by molar-refractivity contribution is 0.625. The molecule has 0 unspecified atom stereocenters. The van der Waals surface area contributed by atoms with Crippen LogP contribution in [0.5, 0.6) is 0 Å². The molecule has 1 aromatic carbocycles. The molecule has 0 atom stereocenters. The molecule has 0 aliphatic heterocycles. The monoisotopic (exact) mass is 246 g/mol. The molecule has 0 spiro atoms. The molecule has 2 rings (SSSR count). The summed E-state index contributed by atoms with van der Waals surface area (Å²) in [6.45, 7) is 2.79. The number of nitrogens with zero attached hydrogens (tertiary/aromatic N) is 3. The Bertz CT molecular complexity index is 530. The van der Waals surface area contributed by atoms with Gasteiger partial charge in [0, 0.05) is 25.5 Å². The molecule has 0 aliphatic carbocycles. The molecular weight excluding hydrogens is 231 g/mol. The molecule has 2 aromatic rings. The summed E-state index contributed by atoms with van der Waals surface area (Å²) in [6.07, 6.45) is 3.17. The molecule has 1 aromatic heterocycles. The maximum absolute atomic E-state index is 13.8. The Kier molecular flexibility index (Phi) is 3.84. The molecule has 0 bridgehead atoms. The SMILES string of the molecule is CCN(c1ccccc1F)c1nccnc1CN. The summed E-state index contributed by atoms with van der Waals surface area (Å²) in [5.74, 6) is 0.320. The quantitative estimate of drug-likeness (QED) is 0.898. The summed E-state index contributed by atoms with van der Waals surface area (Å²) in [4.78, 5) is 10.2. The van der Waals surface area contributed by atoms with Crippen LogP contribution in [0.1, 0.15) is 12.6 Å². The van der Waals surface area contributed by atoms with Crippen molar-refractivity contribution in [2.24, 2.45) is 5.73 Å². The van der Waals surface area contributed by atoms with Crippen LogP contribution in [-0.4, -0.2) is 16.5 Å². The van der Waals surface area contributed by atoms with E-state index < -0.39 is 0 Å². The number of para-hydroxylation sites is 1. The number of halogens is 1. The smallest absolute Gasteiger partial charge is 0.156 e. The lowest BCUT2D eigenvalue weighted by Gasteiger charge is -2.23. The fraction of sp³-hybridized carbons (Fsp3) is 0.231. The first-order valence-corrected chi connectivity index (χ1v) is 5.80. The fourth-order valence-electron chi connectivity index (χ4n) is 1.83. The van der Waals surface area contributed by atoms with Crippen molar-refractivity contribution in [2.45, 2.75) is 13.5 Å². The van der Waals surface area contributed by atoms with Gasteiger partial charge in [0.05, 0.1) is 11.4 Å². The molecule has 0 radical (unpaired) electrons. The molecule has 4 nitrogen and oxygen atoms in total. The number of benzene rings is 1. The van der Waals surface area contributed by atoms with Gasteiger partial charge in [-0.05, 0) is 19.1 Å². The topological polar surface area (TPSA) is 55.0 Å². The number of nitrogens with two attached hydrogens (primary N) is 1. The van der Waals surface area contributed by atoms with E-state index >= 15 is 0 Å². The number of hydrogen-bond donors (Lipinski definition) is 1. The Morgan fingerprint density at radius 2 is 1.94 bits per heavy atom. The van der Waals surface area contributed by atoms with E-state index in [2.05, 4.69) is 9.97 Å². The van der Waals surface area contributed by atoms with E-state index in [1.165, 1.54) is 6.07 Å². The average Bonchev–Trinajstić information content (AvgIpc) is 2.42. The molecule has 1 heterocycles. The Morgan fingerprint density at radius 1 is 1.22 bits per heavy atom. The Labute approximate surface area is 105 Å². The second kappa shape index (κ2) is 5.55. The van der Waals surface area contributed by atoms with E-state index in [-0.39, 0.29) is 12.4 Å². The van der Waals surface area contributed by atoms with Crippen LogP contribution in [0.4, 0.5) is 15.9 Å². The molecule has 0 amide bonds. The number of rotatable bonds is 4. The third-order valence-electron chi connectivity index (χ3n) is 2.66. The summed E-state index contributed by atoms with van der Waals surface area (Å²) < 4.78 is 13.8. The first kappa shape index (κ1) is 12.4. The normalized spacial score (nSPS) is 10.4. The largest absolute Gasteiger partial charge is 0.325 e. The molecule has 18 heavy (non-hydrogen) atoms. The minimum absolute atomic E-state index is 0.272. The molecule has 0 saturated heterocycles. The van der Waals surface area contributed by atoms with Crippen molar-refractivity contribution in [3.8, 4) is 0 Å². The minimum Gasteiger partial charge on any atom is -0.325 e. The zero-order valence-electron chi connectivity index (χ0n) is 10.2. The van der Waals surface area contributed by atoms with Crippen molar-refractivity contribution in [2.75, 3.05) is 11.4 Å². The van der Waals surface area contributed by atoms with Crippen molar-refractivity contribution < 1.29 is 4.39 Å². The van der Waals surface area contributed by atoms with Crippen LogP contribution in [0.3, 0.4) is 0 Å². The molecular formula is C13H15FN4. The number of anilines is 2. The molecule has 0 aliphatic rings. The molecule has 0 fully saturated rings. The highest BCUT2D eigenvalue weighted by molar-refractivity contribution is 5.62. The van der Waals surface area contributed by atoms with E-state index in [4.69, 9.17) is 5.73 Å². The maximum atomic E-state index is 13.8. The van der Waals surface area contributed by atoms with Crippen LogP contribution >= 0.6 is 0 Å². The highest BCUT2D eigenvalue weighted by Gasteiger charge is 2.16. The predicted octanol–water partition coefficient (Wildman–Crippen LogP) is 2.23. The van der Waals surface area contributed by atoms with Crippen LogP contribution in [0.2, 0.25) is 0 Å². The van der Waals surface area contributed by atoms with Crippen LogP contribution in [0, 0.1) is 5.82 Å². The third kappa shape index (κ3) is 2.31. The van der Waals surface area contributed by atoms with E-state index in [1.807, 2.05) is 6.92 Å². The van der Waals surface area contributed by atoms with Gasteiger partial charge in [0.1, 0.15) is 5.82 Å². The van der Waals surface area contributed by atoms with Crippen molar-refractivity contribution >= 4 is 11.5 Å². The summed E-state index contributed by atoms with van der Waals surface area (Å²) in [5, 5.41) is 0. The van der Waals surface area contributed by atoms with Crippen molar-refractivity contribution in [3.05, 3.63) is 48.2 Å². The minimum atomic E-state index is -0.284. The second-order valence-electron chi connectivity index (χ2n) is 3.73. The van der Waals surface area contributed by atoms with Gasteiger partial charge in [0.15, 0.2) is 5.82 Å². The van der Waals surface area contributed by atoms with Crippen LogP contribution < -0.4 is 10.6 Å². The first-order chi connectivity index (χ1) is 8.77. The Balaban J connectivity index is 2.49. The Morgan fingerprint density at radius 3 is 2.61 bits per heavy atom. The average molecular weight is 246 g/mol. The van der Waals surface area contributed by atoms with Crippen LogP contribution in [0.25, 0.3) is 0 Å². The zero-order chi connectivity index (χ0) is 13.0. The highest BCUT2D eigenvalue weighted by Crippen LogP contribution is 2.27. The van der Waals surface area contributed by atoms with Gasteiger partial charge in [-0.1, -0.05) is 12.1 Å². The van der Waals surface area contributed by atoms with Gasteiger partial charge in [-0.15, -0.1) is 0 Å². The molecule has 0 saturated carbocycles. The molecule has 2 N–H and O–H groups in total. The number of hydrogen-bond acceptors (Lipinski definition) is 4. The standard InChI is InChI=1S/C13H15FN4/c1-2-18(12-6-4-3-5-10(12)14)13-11(9-15)16-7-8-17-13/h3-8H,2,9,15H2,1H3. The van der Waals surface area contributed by atoms with Crippen molar-refractivity contribution in [1.82, 2.24) is 9.97 Å². The fourth-order valence-corrected chi connectivity index (χ4v) is 1.83. The van der Waals surface area contributed by atoms with Gasteiger partial charge in [-0.2, -0.15) is 0 Å². The summed E-state index contributed by atoms with van der Waals surface area (Å²) in [7, 11) is 0. The summed E-state index contributed by atoms with van der Waals surface area (Å²) >= 11 is 0. The van der Waals surface area contributed by atoms with Gasteiger partial charge >= 0.3 is 0 Å². The van der Waals surface area contributed by atoms with Crippen molar-refractivity contribution in [3.63, 3.8) is 0 Å². The second-order valence-corrected chi connectivity index (χ2v) is 3.73. The predicted molar refractivity (Wildman–Crippen MR) is 69.0 cm³/mol. The zero-order valence-corrected chi connectivity index (χ0v) is 10.2. The highest BCUT2D eigenvalue weighted by atomic mass is 19.1. The van der Waals surface area contributed by atoms with Crippen LogP contribution in [-0.2, 0) is 6.54 Å². The van der Waals surface area contributed by atoms with Gasteiger partial charge in [0.2, 0.25) is 0 Å². The van der Waals surface area contributed by atoms with Crippen molar-refractivity contribution in [1.29, 1.82) is 0 Å². The molecule has 5 heteroatoms. The molecule has 94 valence electrons. The van der Waals surface area contributed by atoms with Crippen LogP contribution in [0.15, 0.2) is 36.7 Å². The first-order valence-electron chi connectivity index (χ1n) is 5.80. The van der Waals surface area contributed by atoms with E-state index in [9.17, 15) is 4.39 Å². The third-order valence-corrected chi connectivity index (χ3v) is 2.66. The van der Waals surface area contributed by atoms with E-state index in [1.54, 1.807) is 35.5 Å². The lowest BCUT2D eigenvalue weighted by atomic mass is 10.2.